The number of rotatable bonds is 5. The van der Waals surface area contributed by atoms with Crippen molar-refractivity contribution in [3.8, 4) is 0 Å². The van der Waals surface area contributed by atoms with Gasteiger partial charge in [-0.3, -0.25) is 9.48 Å². The van der Waals surface area contributed by atoms with Gasteiger partial charge in [-0.25, -0.2) is 8.78 Å². The highest BCUT2D eigenvalue weighted by Gasteiger charge is 2.36. The number of carbonyl (C=O) groups is 1. The van der Waals surface area contributed by atoms with Crippen LogP contribution in [0.4, 0.5) is 8.78 Å². The molecule has 0 bridgehead atoms. The molecule has 2 rings (SSSR count). The van der Waals surface area contributed by atoms with Gasteiger partial charge in [0.1, 0.15) is 0 Å². The summed E-state index contributed by atoms with van der Waals surface area (Å²) in [5, 5.41) is 4.43. The van der Waals surface area contributed by atoms with Gasteiger partial charge in [-0.2, -0.15) is 5.10 Å². The van der Waals surface area contributed by atoms with Crippen molar-refractivity contribution < 1.29 is 13.6 Å². The van der Waals surface area contributed by atoms with Gasteiger partial charge in [0.15, 0.2) is 6.29 Å². The zero-order valence-corrected chi connectivity index (χ0v) is 11.2. The SMILES string of the molecule is CCCCn1cc(C=O)c(C2CCC(F)(F)CC2)n1. The molecule has 0 aliphatic heterocycles. The van der Waals surface area contributed by atoms with Gasteiger partial charge in [-0.05, 0) is 19.3 Å². The quantitative estimate of drug-likeness (QED) is 0.763. The van der Waals surface area contributed by atoms with E-state index in [9.17, 15) is 13.6 Å². The number of hydrogen-bond donors (Lipinski definition) is 0. The summed E-state index contributed by atoms with van der Waals surface area (Å²) >= 11 is 0. The summed E-state index contributed by atoms with van der Waals surface area (Å²) in [4.78, 5) is 11.1. The van der Waals surface area contributed by atoms with Crippen LogP contribution in [-0.4, -0.2) is 22.0 Å². The van der Waals surface area contributed by atoms with Gasteiger partial charge < -0.3 is 0 Å². The van der Waals surface area contributed by atoms with Crippen LogP contribution in [0.3, 0.4) is 0 Å². The van der Waals surface area contributed by atoms with Crippen LogP contribution in [0.1, 0.15) is 67.4 Å². The van der Waals surface area contributed by atoms with Crippen LogP contribution in [0.2, 0.25) is 0 Å². The van der Waals surface area contributed by atoms with Crippen molar-refractivity contribution in [3.05, 3.63) is 17.5 Å². The summed E-state index contributed by atoms with van der Waals surface area (Å²) in [5.41, 5.74) is 1.27. The van der Waals surface area contributed by atoms with Crippen molar-refractivity contribution in [2.24, 2.45) is 0 Å². The Bertz CT molecular complexity index is 433. The molecule has 0 atom stereocenters. The molecule has 106 valence electrons. The second-order valence-electron chi connectivity index (χ2n) is 5.33. The summed E-state index contributed by atoms with van der Waals surface area (Å²) in [6.07, 6.45) is 5.22. The van der Waals surface area contributed by atoms with Crippen molar-refractivity contribution in [2.45, 2.75) is 63.8 Å². The average Bonchev–Trinajstić information content (AvgIpc) is 2.79. The number of halogens is 2. The largest absolute Gasteiger partial charge is 0.298 e. The maximum absolute atomic E-state index is 13.2. The number of unbranched alkanes of at least 4 members (excludes halogenated alkanes) is 1. The van der Waals surface area contributed by atoms with E-state index in [-0.39, 0.29) is 18.8 Å². The Morgan fingerprint density at radius 1 is 1.47 bits per heavy atom. The summed E-state index contributed by atoms with van der Waals surface area (Å²) in [7, 11) is 0. The van der Waals surface area contributed by atoms with Gasteiger partial charge in [0, 0.05) is 31.5 Å². The zero-order valence-electron chi connectivity index (χ0n) is 11.2. The fraction of sp³-hybridized carbons (Fsp3) is 0.714. The van der Waals surface area contributed by atoms with E-state index in [1.54, 1.807) is 10.9 Å². The van der Waals surface area contributed by atoms with Crippen LogP contribution in [0.15, 0.2) is 6.20 Å². The Morgan fingerprint density at radius 3 is 2.74 bits per heavy atom. The molecule has 1 aliphatic carbocycles. The van der Waals surface area contributed by atoms with Crippen molar-refractivity contribution >= 4 is 6.29 Å². The third-order valence-corrected chi connectivity index (χ3v) is 3.79. The number of hydrogen-bond acceptors (Lipinski definition) is 2. The third kappa shape index (κ3) is 3.39. The topological polar surface area (TPSA) is 34.9 Å². The maximum Gasteiger partial charge on any atom is 0.248 e. The van der Waals surface area contributed by atoms with E-state index in [1.165, 1.54) is 0 Å². The van der Waals surface area contributed by atoms with Crippen molar-refractivity contribution in [1.29, 1.82) is 0 Å². The molecule has 0 amide bonds. The van der Waals surface area contributed by atoms with Crippen LogP contribution < -0.4 is 0 Å². The van der Waals surface area contributed by atoms with Gasteiger partial charge in [-0.1, -0.05) is 13.3 Å². The average molecular weight is 270 g/mol. The van der Waals surface area contributed by atoms with Crippen LogP contribution in [0.25, 0.3) is 0 Å². The number of alkyl halides is 2. The van der Waals surface area contributed by atoms with Gasteiger partial charge in [0.2, 0.25) is 5.92 Å². The molecule has 0 saturated heterocycles. The highest BCUT2D eigenvalue weighted by atomic mass is 19.3. The molecule has 1 heterocycles. The number of aldehydes is 1. The predicted molar refractivity (Wildman–Crippen MR) is 68.7 cm³/mol. The van der Waals surface area contributed by atoms with Crippen LogP contribution >= 0.6 is 0 Å². The molecular formula is C14H20F2N2O. The first-order valence-electron chi connectivity index (χ1n) is 6.96. The van der Waals surface area contributed by atoms with Crippen LogP contribution in [0.5, 0.6) is 0 Å². The Hall–Kier alpha value is -1.26. The molecule has 1 saturated carbocycles. The molecular weight excluding hydrogens is 250 g/mol. The van der Waals surface area contributed by atoms with Crippen molar-refractivity contribution in [3.63, 3.8) is 0 Å². The Labute approximate surface area is 112 Å². The van der Waals surface area contributed by atoms with E-state index >= 15 is 0 Å². The highest BCUT2D eigenvalue weighted by Crippen LogP contribution is 2.41. The zero-order chi connectivity index (χ0) is 13.9. The molecule has 1 aromatic heterocycles. The van der Waals surface area contributed by atoms with E-state index < -0.39 is 5.92 Å². The molecule has 0 aromatic carbocycles. The molecule has 0 N–H and O–H groups in total. The van der Waals surface area contributed by atoms with Gasteiger partial charge in [0.25, 0.3) is 0 Å². The first kappa shape index (κ1) is 14.2. The first-order chi connectivity index (χ1) is 9.05. The maximum atomic E-state index is 13.2. The summed E-state index contributed by atoms with van der Waals surface area (Å²) in [6, 6.07) is 0. The van der Waals surface area contributed by atoms with E-state index in [1.807, 2.05) is 0 Å². The lowest BCUT2D eigenvalue weighted by Crippen LogP contribution is -2.24. The van der Waals surface area contributed by atoms with Crippen LogP contribution in [-0.2, 0) is 6.54 Å². The summed E-state index contributed by atoms with van der Waals surface area (Å²) in [5.74, 6) is -2.54. The number of aryl methyl sites for hydroxylation is 1. The second-order valence-corrected chi connectivity index (χ2v) is 5.33. The van der Waals surface area contributed by atoms with E-state index in [4.69, 9.17) is 0 Å². The standard InChI is InChI=1S/C14H20F2N2O/c1-2-3-8-18-9-12(10-19)13(17-18)11-4-6-14(15,16)7-5-11/h9-11H,2-8H2,1H3. The van der Waals surface area contributed by atoms with Crippen LogP contribution in [0, 0.1) is 0 Å². The minimum atomic E-state index is -2.54. The lowest BCUT2D eigenvalue weighted by Gasteiger charge is -2.27. The fourth-order valence-electron chi connectivity index (χ4n) is 2.61. The molecule has 5 heteroatoms. The van der Waals surface area contributed by atoms with Gasteiger partial charge in [0.05, 0.1) is 11.3 Å². The Balaban J connectivity index is 2.10. The van der Waals surface area contributed by atoms with Crippen molar-refractivity contribution in [2.75, 3.05) is 0 Å². The molecule has 19 heavy (non-hydrogen) atoms. The monoisotopic (exact) mass is 270 g/mol. The molecule has 3 nitrogen and oxygen atoms in total. The van der Waals surface area contributed by atoms with Gasteiger partial charge in [-0.15, -0.1) is 0 Å². The van der Waals surface area contributed by atoms with Crippen molar-refractivity contribution in [1.82, 2.24) is 9.78 Å². The molecule has 1 aliphatic rings. The number of nitrogens with zero attached hydrogens (tertiary/aromatic N) is 2. The molecule has 0 spiro atoms. The summed E-state index contributed by atoms with van der Waals surface area (Å²) < 4.78 is 28.1. The lowest BCUT2D eigenvalue weighted by molar-refractivity contribution is -0.0385. The molecule has 1 fully saturated rings. The molecule has 1 aromatic rings. The number of aromatic nitrogens is 2. The second kappa shape index (κ2) is 5.80. The minimum absolute atomic E-state index is 0.00250. The minimum Gasteiger partial charge on any atom is -0.298 e. The summed E-state index contributed by atoms with van der Waals surface area (Å²) in [6.45, 7) is 2.87. The molecule has 0 unspecified atom stereocenters. The smallest absolute Gasteiger partial charge is 0.248 e. The van der Waals surface area contributed by atoms with E-state index in [2.05, 4.69) is 12.0 Å². The van der Waals surface area contributed by atoms with Gasteiger partial charge >= 0.3 is 0 Å². The normalized spacial score (nSPS) is 19.5. The molecule has 0 radical (unpaired) electrons. The van der Waals surface area contributed by atoms with E-state index in [0.29, 0.717) is 24.1 Å². The predicted octanol–water partition coefficient (Wildman–Crippen LogP) is 3.79. The van der Waals surface area contributed by atoms with E-state index in [0.717, 1.165) is 25.7 Å². The Morgan fingerprint density at radius 2 is 2.16 bits per heavy atom. The highest BCUT2D eigenvalue weighted by molar-refractivity contribution is 5.76. The Kier molecular flexibility index (Phi) is 4.32. The first-order valence-corrected chi connectivity index (χ1v) is 6.96. The lowest BCUT2D eigenvalue weighted by atomic mass is 9.84. The third-order valence-electron chi connectivity index (χ3n) is 3.79. The number of carbonyl (C=O) groups excluding carboxylic acids is 1. The fourth-order valence-corrected chi connectivity index (χ4v) is 2.61.